The molecule has 0 amide bonds. The van der Waals surface area contributed by atoms with Gasteiger partial charge in [-0.25, -0.2) is 0 Å². The van der Waals surface area contributed by atoms with Crippen LogP contribution in [0.5, 0.6) is 0 Å². The smallest absolute Gasteiger partial charge is 0.223 e. The Morgan fingerprint density at radius 2 is 2.00 bits per heavy atom. The van der Waals surface area contributed by atoms with Gasteiger partial charge in [-0.05, 0) is 25.0 Å². The van der Waals surface area contributed by atoms with E-state index in [0.29, 0.717) is 0 Å². The highest BCUT2D eigenvalue weighted by atomic mass is 15.2. The molecule has 106 valence electrons. The Kier molecular flexibility index (Phi) is 4.40. The Labute approximate surface area is 119 Å². The van der Waals surface area contributed by atoms with Crippen LogP contribution in [0.3, 0.4) is 0 Å². The zero-order valence-electron chi connectivity index (χ0n) is 12.2. The summed E-state index contributed by atoms with van der Waals surface area (Å²) in [5, 5.41) is 3.16. The fourth-order valence-corrected chi connectivity index (χ4v) is 2.04. The molecular formula is C15H21N5. The number of hydrogen-bond donors (Lipinski definition) is 2. The van der Waals surface area contributed by atoms with Crippen molar-refractivity contribution in [1.82, 2.24) is 9.97 Å². The van der Waals surface area contributed by atoms with Gasteiger partial charge in [0.2, 0.25) is 5.95 Å². The van der Waals surface area contributed by atoms with E-state index in [0.717, 1.165) is 24.7 Å². The molecule has 0 fully saturated rings. The Bertz CT molecular complexity index is 582. The molecule has 2 rings (SSSR count). The van der Waals surface area contributed by atoms with Crippen LogP contribution in [-0.2, 0) is 6.54 Å². The highest BCUT2D eigenvalue weighted by Gasteiger charge is 2.08. The number of aromatic nitrogens is 2. The van der Waals surface area contributed by atoms with Crippen LogP contribution in [0, 0.1) is 6.92 Å². The van der Waals surface area contributed by atoms with E-state index in [4.69, 9.17) is 5.73 Å². The second kappa shape index (κ2) is 6.23. The molecule has 0 saturated heterocycles. The van der Waals surface area contributed by atoms with E-state index < -0.39 is 0 Å². The van der Waals surface area contributed by atoms with Gasteiger partial charge < -0.3 is 16.0 Å². The van der Waals surface area contributed by atoms with Crippen molar-refractivity contribution in [3.8, 4) is 0 Å². The SMILES string of the molecule is CCNc1cc(N(C)Cc2ccccc2C)nc(N)n1. The fraction of sp³-hybridized carbons (Fsp3) is 0.333. The third kappa shape index (κ3) is 3.38. The number of aryl methyl sites for hydroxylation is 1. The maximum absolute atomic E-state index is 5.76. The lowest BCUT2D eigenvalue weighted by molar-refractivity contribution is 0.886. The van der Waals surface area contributed by atoms with E-state index in [1.165, 1.54) is 11.1 Å². The minimum Gasteiger partial charge on any atom is -0.370 e. The molecule has 0 radical (unpaired) electrons. The van der Waals surface area contributed by atoms with Crippen molar-refractivity contribution in [3.63, 3.8) is 0 Å². The molecule has 2 aromatic rings. The van der Waals surface area contributed by atoms with Gasteiger partial charge >= 0.3 is 0 Å². The zero-order valence-corrected chi connectivity index (χ0v) is 12.2. The van der Waals surface area contributed by atoms with Gasteiger partial charge in [-0.15, -0.1) is 0 Å². The highest BCUT2D eigenvalue weighted by Crippen LogP contribution is 2.19. The van der Waals surface area contributed by atoms with Crippen molar-refractivity contribution >= 4 is 17.6 Å². The van der Waals surface area contributed by atoms with Gasteiger partial charge in [-0.2, -0.15) is 9.97 Å². The summed E-state index contributed by atoms with van der Waals surface area (Å²) < 4.78 is 0. The molecule has 0 aliphatic rings. The lowest BCUT2D eigenvalue weighted by Crippen LogP contribution is -2.19. The first kappa shape index (κ1) is 14.1. The molecule has 5 heteroatoms. The third-order valence-electron chi connectivity index (χ3n) is 3.15. The Morgan fingerprint density at radius 1 is 1.25 bits per heavy atom. The van der Waals surface area contributed by atoms with Crippen molar-refractivity contribution < 1.29 is 0 Å². The van der Waals surface area contributed by atoms with Gasteiger partial charge in [0.15, 0.2) is 0 Å². The van der Waals surface area contributed by atoms with E-state index in [9.17, 15) is 0 Å². The van der Waals surface area contributed by atoms with Crippen LogP contribution in [0.4, 0.5) is 17.6 Å². The molecule has 0 spiro atoms. The summed E-state index contributed by atoms with van der Waals surface area (Å²) in [4.78, 5) is 10.5. The summed E-state index contributed by atoms with van der Waals surface area (Å²) in [7, 11) is 2.00. The largest absolute Gasteiger partial charge is 0.370 e. The summed E-state index contributed by atoms with van der Waals surface area (Å²) in [6.45, 7) is 5.72. The van der Waals surface area contributed by atoms with E-state index in [-0.39, 0.29) is 5.95 Å². The van der Waals surface area contributed by atoms with Gasteiger partial charge in [-0.1, -0.05) is 24.3 Å². The molecule has 5 nitrogen and oxygen atoms in total. The average Bonchev–Trinajstić information content (AvgIpc) is 2.41. The standard InChI is InChI=1S/C15H21N5/c1-4-17-13-9-14(19-15(16)18-13)20(3)10-12-8-6-5-7-11(12)2/h5-9H,4,10H2,1-3H3,(H3,16,17,18,19). The molecule has 0 bridgehead atoms. The summed E-state index contributed by atoms with van der Waals surface area (Å²) >= 11 is 0. The van der Waals surface area contributed by atoms with Gasteiger partial charge in [0.1, 0.15) is 11.6 Å². The lowest BCUT2D eigenvalue weighted by atomic mass is 10.1. The summed E-state index contributed by atoms with van der Waals surface area (Å²) in [6, 6.07) is 10.3. The monoisotopic (exact) mass is 271 g/mol. The van der Waals surface area contributed by atoms with Crippen LogP contribution in [0.15, 0.2) is 30.3 Å². The van der Waals surface area contributed by atoms with Crippen LogP contribution in [0.1, 0.15) is 18.1 Å². The van der Waals surface area contributed by atoms with Gasteiger partial charge in [0, 0.05) is 26.2 Å². The molecule has 1 aromatic carbocycles. The fourth-order valence-electron chi connectivity index (χ4n) is 2.04. The Hall–Kier alpha value is -2.30. The molecule has 0 aliphatic heterocycles. The summed E-state index contributed by atoms with van der Waals surface area (Å²) in [5.74, 6) is 1.86. The number of nitrogens with two attached hydrogens (primary N) is 1. The second-order valence-corrected chi connectivity index (χ2v) is 4.78. The molecule has 1 heterocycles. The first-order valence-corrected chi connectivity index (χ1v) is 6.74. The number of anilines is 3. The topological polar surface area (TPSA) is 67.1 Å². The van der Waals surface area contributed by atoms with Gasteiger partial charge in [-0.3, -0.25) is 0 Å². The number of nitrogen functional groups attached to an aromatic ring is 1. The Balaban J connectivity index is 2.20. The second-order valence-electron chi connectivity index (χ2n) is 4.78. The molecule has 3 N–H and O–H groups in total. The minimum absolute atomic E-state index is 0.287. The quantitative estimate of drug-likeness (QED) is 0.874. The third-order valence-corrected chi connectivity index (χ3v) is 3.15. The number of nitrogens with one attached hydrogen (secondary N) is 1. The van der Waals surface area contributed by atoms with E-state index in [2.05, 4.69) is 45.3 Å². The minimum atomic E-state index is 0.287. The molecule has 0 unspecified atom stereocenters. The average molecular weight is 271 g/mol. The molecule has 0 saturated carbocycles. The van der Waals surface area contributed by atoms with Crippen LogP contribution in [0.2, 0.25) is 0 Å². The molecule has 0 aliphatic carbocycles. The maximum atomic E-state index is 5.76. The zero-order chi connectivity index (χ0) is 14.5. The maximum Gasteiger partial charge on any atom is 0.223 e. The number of rotatable bonds is 5. The van der Waals surface area contributed by atoms with Crippen LogP contribution in [-0.4, -0.2) is 23.6 Å². The lowest BCUT2D eigenvalue weighted by Gasteiger charge is -2.20. The van der Waals surface area contributed by atoms with Gasteiger partial charge in [0.05, 0.1) is 0 Å². The summed E-state index contributed by atoms with van der Waals surface area (Å²) in [6.07, 6.45) is 0. The molecule has 0 atom stereocenters. The van der Waals surface area contributed by atoms with E-state index in [1.807, 2.05) is 26.1 Å². The normalized spacial score (nSPS) is 10.3. The summed E-state index contributed by atoms with van der Waals surface area (Å²) in [5.41, 5.74) is 8.31. The number of benzene rings is 1. The van der Waals surface area contributed by atoms with Crippen LogP contribution < -0.4 is 16.0 Å². The first-order valence-electron chi connectivity index (χ1n) is 6.74. The first-order chi connectivity index (χ1) is 9.60. The van der Waals surface area contributed by atoms with Crippen LogP contribution in [0.25, 0.3) is 0 Å². The predicted molar refractivity (Wildman–Crippen MR) is 83.9 cm³/mol. The predicted octanol–water partition coefficient (Wildman–Crippen LogP) is 2.44. The Morgan fingerprint density at radius 3 is 2.70 bits per heavy atom. The van der Waals surface area contributed by atoms with Gasteiger partial charge in [0.25, 0.3) is 0 Å². The van der Waals surface area contributed by atoms with Crippen molar-refractivity contribution in [1.29, 1.82) is 0 Å². The van der Waals surface area contributed by atoms with E-state index >= 15 is 0 Å². The van der Waals surface area contributed by atoms with E-state index in [1.54, 1.807) is 0 Å². The van der Waals surface area contributed by atoms with Crippen molar-refractivity contribution in [2.75, 3.05) is 29.5 Å². The number of nitrogens with zero attached hydrogens (tertiary/aromatic N) is 3. The van der Waals surface area contributed by atoms with Crippen molar-refractivity contribution in [2.45, 2.75) is 20.4 Å². The molecule has 20 heavy (non-hydrogen) atoms. The molecule has 1 aromatic heterocycles. The number of hydrogen-bond acceptors (Lipinski definition) is 5. The van der Waals surface area contributed by atoms with Crippen molar-refractivity contribution in [3.05, 3.63) is 41.5 Å². The molecular weight excluding hydrogens is 250 g/mol. The highest BCUT2D eigenvalue weighted by molar-refractivity contribution is 5.52. The van der Waals surface area contributed by atoms with Crippen molar-refractivity contribution in [2.24, 2.45) is 0 Å². The van der Waals surface area contributed by atoms with Crippen LogP contribution >= 0.6 is 0 Å².